The first-order chi connectivity index (χ1) is 12.6. The molecule has 2 aromatic rings. The van der Waals surface area contributed by atoms with Gasteiger partial charge in [-0.15, -0.1) is 0 Å². The lowest BCUT2D eigenvalue weighted by atomic mass is 10.1. The zero-order chi connectivity index (χ0) is 18.7. The topological polar surface area (TPSA) is 66.3 Å². The fourth-order valence-electron chi connectivity index (χ4n) is 2.50. The van der Waals surface area contributed by atoms with Gasteiger partial charge >= 0.3 is 5.97 Å². The molecule has 0 bridgehead atoms. The lowest BCUT2D eigenvalue weighted by Gasteiger charge is -2.09. The minimum absolute atomic E-state index is 0.179. The number of esters is 1. The molecule has 1 heterocycles. The summed E-state index contributed by atoms with van der Waals surface area (Å²) in [5.74, 6) is 1.46. The summed E-state index contributed by atoms with van der Waals surface area (Å²) in [6.07, 6.45) is 1.61. The third kappa shape index (κ3) is 3.43. The first-order valence-electron chi connectivity index (χ1n) is 7.65. The maximum absolute atomic E-state index is 12.2. The van der Waals surface area contributed by atoms with Gasteiger partial charge in [0, 0.05) is 11.1 Å². The van der Waals surface area contributed by atoms with Crippen LogP contribution in [0.4, 0.5) is 0 Å². The van der Waals surface area contributed by atoms with E-state index in [0.717, 1.165) is 4.47 Å². The Labute approximate surface area is 159 Å². The van der Waals surface area contributed by atoms with Crippen molar-refractivity contribution in [3.05, 3.63) is 57.7 Å². The number of halogens is 1. The van der Waals surface area contributed by atoms with Crippen LogP contribution in [0.15, 0.2) is 51.6 Å². The molecule has 0 unspecified atom stereocenters. The van der Waals surface area contributed by atoms with Crippen LogP contribution in [0, 0.1) is 0 Å². The Morgan fingerprint density at radius 2 is 1.81 bits per heavy atom. The van der Waals surface area contributed by atoms with E-state index in [1.54, 1.807) is 56.7 Å². The molecular formula is C19H16BrNO5. The molecule has 0 radical (unpaired) electrons. The first-order valence-corrected chi connectivity index (χ1v) is 8.44. The molecule has 0 fully saturated rings. The highest BCUT2D eigenvalue weighted by Gasteiger charge is 2.25. The van der Waals surface area contributed by atoms with Crippen molar-refractivity contribution in [3.8, 4) is 17.2 Å². The van der Waals surface area contributed by atoms with Crippen LogP contribution in [0.3, 0.4) is 0 Å². The van der Waals surface area contributed by atoms with E-state index in [0.29, 0.717) is 28.4 Å². The van der Waals surface area contributed by atoms with E-state index < -0.39 is 5.97 Å². The van der Waals surface area contributed by atoms with E-state index in [1.165, 1.54) is 7.11 Å². The summed E-state index contributed by atoms with van der Waals surface area (Å²) in [7, 11) is 4.67. The van der Waals surface area contributed by atoms with Gasteiger partial charge in [0.15, 0.2) is 17.2 Å². The third-order valence-electron chi connectivity index (χ3n) is 3.74. The van der Waals surface area contributed by atoms with Crippen LogP contribution in [-0.2, 0) is 9.53 Å². The quantitative estimate of drug-likeness (QED) is 0.546. The normalized spacial score (nSPS) is 14.8. The molecular weight excluding hydrogens is 402 g/mol. The van der Waals surface area contributed by atoms with Crippen LogP contribution < -0.4 is 14.2 Å². The largest absolute Gasteiger partial charge is 0.496 e. The summed E-state index contributed by atoms with van der Waals surface area (Å²) in [6.45, 7) is 0. The Bertz CT molecular complexity index is 920. The molecule has 3 rings (SSSR count). The molecule has 26 heavy (non-hydrogen) atoms. The number of cyclic esters (lactones) is 1. The summed E-state index contributed by atoms with van der Waals surface area (Å²) in [5, 5.41) is 0. The van der Waals surface area contributed by atoms with Gasteiger partial charge in [0.1, 0.15) is 5.75 Å². The van der Waals surface area contributed by atoms with Gasteiger partial charge < -0.3 is 18.9 Å². The van der Waals surface area contributed by atoms with Crippen LogP contribution in [0.1, 0.15) is 11.1 Å². The molecule has 134 valence electrons. The van der Waals surface area contributed by atoms with Gasteiger partial charge in [-0.3, -0.25) is 0 Å². The predicted octanol–water partition coefficient (Wildman–Crippen LogP) is 3.82. The van der Waals surface area contributed by atoms with Gasteiger partial charge in [-0.2, -0.15) is 0 Å². The lowest BCUT2D eigenvalue weighted by molar-refractivity contribution is -0.129. The van der Waals surface area contributed by atoms with Crippen LogP contribution >= 0.6 is 15.9 Å². The van der Waals surface area contributed by atoms with E-state index in [4.69, 9.17) is 18.9 Å². The van der Waals surface area contributed by atoms with Crippen molar-refractivity contribution in [1.29, 1.82) is 0 Å². The van der Waals surface area contributed by atoms with Crippen molar-refractivity contribution in [1.82, 2.24) is 0 Å². The number of carbonyl (C=O) groups is 1. The number of methoxy groups -OCH3 is 3. The molecule has 0 aromatic heterocycles. The minimum atomic E-state index is -0.531. The second kappa shape index (κ2) is 7.61. The number of benzene rings is 2. The Morgan fingerprint density at radius 3 is 2.46 bits per heavy atom. The van der Waals surface area contributed by atoms with Crippen molar-refractivity contribution in [3.63, 3.8) is 0 Å². The Kier molecular flexibility index (Phi) is 5.27. The maximum atomic E-state index is 12.2. The third-order valence-corrected chi connectivity index (χ3v) is 4.36. The highest BCUT2D eigenvalue weighted by Crippen LogP contribution is 2.33. The van der Waals surface area contributed by atoms with Crippen molar-refractivity contribution in [2.24, 2.45) is 4.99 Å². The van der Waals surface area contributed by atoms with Gasteiger partial charge in [-0.25, -0.2) is 9.79 Å². The molecule has 1 aliphatic heterocycles. The van der Waals surface area contributed by atoms with Crippen molar-refractivity contribution in [2.75, 3.05) is 21.3 Å². The predicted molar refractivity (Wildman–Crippen MR) is 101 cm³/mol. The highest BCUT2D eigenvalue weighted by molar-refractivity contribution is 9.10. The molecule has 7 heteroatoms. The Hall–Kier alpha value is -2.80. The molecule has 0 N–H and O–H groups in total. The molecule has 0 atom stereocenters. The average molecular weight is 418 g/mol. The second-order valence-electron chi connectivity index (χ2n) is 5.27. The van der Waals surface area contributed by atoms with E-state index >= 15 is 0 Å². The van der Waals surface area contributed by atoms with Gasteiger partial charge in [-0.05, 0) is 46.3 Å². The molecule has 0 saturated carbocycles. The van der Waals surface area contributed by atoms with Crippen LogP contribution in [0.25, 0.3) is 6.08 Å². The maximum Gasteiger partial charge on any atom is 0.363 e. The Morgan fingerprint density at radius 1 is 1.04 bits per heavy atom. The smallest absolute Gasteiger partial charge is 0.363 e. The zero-order valence-electron chi connectivity index (χ0n) is 14.4. The van der Waals surface area contributed by atoms with Gasteiger partial charge in [0.05, 0.1) is 25.8 Å². The van der Waals surface area contributed by atoms with E-state index in [1.807, 2.05) is 0 Å². The van der Waals surface area contributed by atoms with E-state index in [-0.39, 0.29) is 11.6 Å². The lowest BCUT2D eigenvalue weighted by Crippen LogP contribution is -2.05. The van der Waals surface area contributed by atoms with Gasteiger partial charge in [-0.1, -0.05) is 12.1 Å². The van der Waals surface area contributed by atoms with Gasteiger partial charge in [0.2, 0.25) is 5.90 Å². The second-order valence-corrected chi connectivity index (χ2v) is 6.12. The molecule has 0 saturated heterocycles. The first kappa shape index (κ1) is 18.0. The molecule has 1 aliphatic rings. The number of hydrogen-bond acceptors (Lipinski definition) is 6. The summed E-state index contributed by atoms with van der Waals surface area (Å²) < 4.78 is 21.9. The molecule has 6 nitrogen and oxygen atoms in total. The van der Waals surface area contributed by atoms with E-state index in [9.17, 15) is 4.79 Å². The van der Waals surface area contributed by atoms with Crippen LogP contribution in [-0.4, -0.2) is 33.2 Å². The summed E-state index contributed by atoms with van der Waals surface area (Å²) in [6, 6.07) is 10.7. The zero-order valence-corrected chi connectivity index (χ0v) is 16.0. The Balaban J connectivity index is 1.98. The summed E-state index contributed by atoms with van der Waals surface area (Å²) in [5.41, 5.74) is 1.50. The monoisotopic (exact) mass is 417 g/mol. The van der Waals surface area contributed by atoms with E-state index in [2.05, 4.69) is 20.9 Å². The number of nitrogens with zero attached hydrogens (tertiary/aromatic N) is 1. The van der Waals surface area contributed by atoms with Crippen LogP contribution in [0.5, 0.6) is 17.2 Å². The average Bonchev–Trinajstić information content (AvgIpc) is 3.02. The molecule has 0 amide bonds. The number of carbonyl (C=O) groups excluding carboxylic acids is 1. The summed E-state index contributed by atoms with van der Waals surface area (Å²) in [4.78, 5) is 16.5. The SMILES string of the molecule is COc1ccc(C2=NC(=Cc3cccc(OC)c3OC)C(=O)O2)cc1Br. The van der Waals surface area contributed by atoms with Crippen molar-refractivity contribution >= 4 is 33.9 Å². The minimum Gasteiger partial charge on any atom is -0.496 e. The summed E-state index contributed by atoms with van der Waals surface area (Å²) >= 11 is 3.41. The highest BCUT2D eigenvalue weighted by atomic mass is 79.9. The number of hydrogen-bond donors (Lipinski definition) is 0. The standard InChI is InChI=1S/C19H16BrNO5/c1-23-15-8-7-12(9-13(15)20)18-21-14(19(22)26-18)10-11-5-4-6-16(24-2)17(11)25-3/h4-10H,1-3H3. The molecule has 0 aliphatic carbocycles. The number of aliphatic imine (C=N–C) groups is 1. The molecule has 2 aromatic carbocycles. The number of ether oxygens (including phenoxy) is 4. The number of para-hydroxylation sites is 1. The van der Waals surface area contributed by atoms with Gasteiger partial charge in [0.25, 0.3) is 0 Å². The fourth-order valence-corrected chi connectivity index (χ4v) is 3.05. The van der Waals surface area contributed by atoms with Crippen LogP contribution in [0.2, 0.25) is 0 Å². The van der Waals surface area contributed by atoms with Crippen molar-refractivity contribution in [2.45, 2.75) is 0 Å². The van der Waals surface area contributed by atoms with Crippen molar-refractivity contribution < 1.29 is 23.7 Å². The number of rotatable bonds is 5. The molecule has 0 spiro atoms. The fraction of sp³-hybridized carbons (Fsp3) is 0.158.